The molecule has 82 valence electrons. The Hall–Kier alpha value is -2.08. The Balaban J connectivity index is 3.27. The van der Waals surface area contributed by atoms with E-state index in [1.807, 2.05) is 32.9 Å². The minimum absolute atomic E-state index is 0.248. The number of aryl methyl sites for hydroxylation is 2. The third-order valence-corrected chi connectivity index (χ3v) is 2.61. The molecule has 0 aliphatic carbocycles. The molecule has 0 saturated heterocycles. The molecule has 0 amide bonds. The molecule has 0 heterocycles. The monoisotopic (exact) mass is 215 g/mol. The summed E-state index contributed by atoms with van der Waals surface area (Å²) in [7, 11) is 0. The normalized spacial score (nSPS) is 11.0. The molecule has 0 aliphatic rings. The molecule has 3 heteroatoms. The van der Waals surface area contributed by atoms with Gasteiger partial charge >= 0.3 is 5.97 Å². The summed E-state index contributed by atoms with van der Waals surface area (Å²) in [6.45, 7) is 5.94. The molecule has 0 spiro atoms. The molecule has 1 aromatic rings. The first-order chi connectivity index (χ1) is 7.45. The number of nitriles is 1. The van der Waals surface area contributed by atoms with E-state index in [0.29, 0.717) is 0 Å². The summed E-state index contributed by atoms with van der Waals surface area (Å²) in [5.41, 5.74) is 3.87. The van der Waals surface area contributed by atoms with Gasteiger partial charge in [-0.2, -0.15) is 5.26 Å². The molecule has 0 radical (unpaired) electrons. The van der Waals surface area contributed by atoms with E-state index in [0.717, 1.165) is 16.7 Å². The zero-order valence-corrected chi connectivity index (χ0v) is 9.53. The fourth-order valence-corrected chi connectivity index (χ4v) is 1.46. The summed E-state index contributed by atoms with van der Waals surface area (Å²) in [6, 6.07) is 5.42. The van der Waals surface area contributed by atoms with Crippen molar-refractivity contribution in [3.05, 3.63) is 40.0 Å². The second-order valence-electron chi connectivity index (χ2n) is 3.75. The van der Waals surface area contributed by atoms with Crippen LogP contribution < -0.4 is 0 Å². The summed E-state index contributed by atoms with van der Waals surface area (Å²) >= 11 is 0. The van der Waals surface area contributed by atoms with E-state index in [9.17, 15) is 4.79 Å². The van der Waals surface area contributed by atoms with Crippen molar-refractivity contribution in [3.8, 4) is 6.07 Å². The van der Waals surface area contributed by atoms with Crippen LogP contribution in [0.2, 0.25) is 0 Å². The third-order valence-electron chi connectivity index (χ3n) is 2.61. The quantitative estimate of drug-likeness (QED) is 0.609. The van der Waals surface area contributed by atoms with Crippen LogP contribution in [0.25, 0.3) is 6.08 Å². The zero-order chi connectivity index (χ0) is 12.3. The standard InChI is InChI=1S/C13H13NO2/c1-8-4-11(5-9(2)10(8)3)6-12(7-14)13(15)16/h4-6H,1-3H3,(H,15,16)/b12-6-. The molecule has 0 bridgehead atoms. The second-order valence-corrected chi connectivity index (χ2v) is 3.75. The number of carboxylic acids is 1. The van der Waals surface area contributed by atoms with E-state index in [-0.39, 0.29) is 5.57 Å². The Kier molecular flexibility index (Phi) is 3.47. The third kappa shape index (κ3) is 2.48. The molecule has 16 heavy (non-hydrogen) atoms. The van der Waals surface area contributed by atoms with Gasteiger partial charge in [0.05, 0.1) is 0 Å². The van der Waals surface area contributed by atoms with Crippen LogP contribution >= 0.6 is 0 Å². The minimum atomic E-state index is -1.20. The summed E-state index contributed by atoms with van der Waals surface area (Å²) in [5.74, 6) is -1.20. The van der Waals surface area contributed by atoms with Crippen molar-refractivity contribution in [2.75, 3.05) is 0 Å². The van der Waals surface area contributed by atoms with Gasteiger partial charge in [-0.1, -0.05) is 12.1 Å². The maximum absolute atomic E-state index is 10.7. The highest BCUT2D eigenvalue weighted by Crippen LogP contribution is 2.17. The van der Waals surface area contributed by atoms with E-state index in [1.54, 1.807) is 6.07 Å². The van der Waals surface area contributed by atoms with Gasteiger partial charge in [0.25, 0.3) is 0 Å². The molecule has 0 unspecified atom stereocenters. The van der Waals surface area contributed by atoms with Crippen molar-refractivity contribution < 1.29 is 9.90 Å². The molecule has 1 rings (SSSR count). The van der Waals surface area contributed by atoms with Gasteiger partial charge in [0.2, 0.25) is 0 Å². The second kappa shape index (κ2) is 4.63. The van der Waals surface area contributed by atoms with Crippen molar-refractivity contribution in [2.24, 2.45) is 0 Å². The number of aliphatic carboxylic acids is 1. The molecular formula is C13H13NO2. The van der Waals surface area contributed by atoms with Crippen LogP contribution in [0.15, 0.2) is 17.7 Å². The zero-order valence-electron chi connectivity index (χ0n) is 9.53. The molecule has 1 N–H and O–H groups in total. The van der Waals surface area contributed by atoms with Crippen LogP contribution in [-0.4, -0.2) is 11.1 Å². The highest BCUT2D eigenvalue weighted by Gasteiger charge is 2.06. The van der Waals surface area contributed by atoms with Gasteiger partial charge in [-0.3, -0.25) is 0 Å². The minimum Gasteiger partial charge on any atom is -0.477 e. The number of rotatable bonds is 2. The van der Waals surface area contributed by atoms with Crippen molar-refractivity contribution in [1.29, 1.82) is 5.26 Å². The fourth-order valence-electron chi connectivity index (χ4n) is 1.46. The van der Waals surface area contributed by atoms with E-state index >= 15 is 0 Å². The summed E-state index contributed by atoms with van der Waals surface area (Å²) in [5, 5.41) is 17.4. The number of nitrogens with zero attached hydrogens (tertiary/aromatic N) is 1. The molecule has 0 aliphatic heterocycles. The fraction of sp³-hybridized carbons (Fsp3) is 0.231. The lowest BCUT2D eigenvalue weighted by atomic mass is 9.99. The number of benzene rings is 1. The van der Waals surface area contributed by atoms with E-state index in [2.05, 4.69) is 0 Å². The van der Waals surface area contributed by atoms with Crippen LogP contribution in [-0.2, 0) is 4.79 Å². The Morgan fingerprint density at radius 2 is 1.81 bits per heavy atom. The molecule has 1 aromatic carbocycles. The summed E-state index contributed by atoms with van der Waals surface area (Å²) < 4.78 is 0. The van der Waals surface area contributed by atoms with E-state index in [1.165, 1.54) is 11.6 Å². The topological polar surface area (TPSA) is 61.1 Å². The van der Waals surface area contributed by atoms with Gasteiger partial charge in [0.1, 0.15) is 11.6 Å². The lowest BCUT2D eigenvalue weighted by Gasteiger charge is -2.06. The Bertz CT molecular complexity index is 484. The number of hydrogen-bond acceptors (Lipinski definition) is 2. The van der Waals surface area contributed by atoms with Crippen molar-refractivity contribution in [1.82, 2.24) is 0 Å². The first-order valence-electron chi connectivity index (χ1n) is 4.88. The summed E-state index contributed by atoms with van der Waals surface area (Å²) in [4.78, 5) is 10.7. The highest BCUT2D eigenvalue weighted by molar-refractivity contribution is 5.96. The first-order valence-corrected chi connectivity index (χ1v) is 4.88. The molecular weight excluding hydrogens is 202 g/mol. The molecule has 0 fully saturated rings. The van der Waals surface area contributed by atoms with E-state index < -0.39 is 5.97 Å². The van der Waals surface area contributed by atoms with Crippen LogP contribution in [0.4, 0.5) is 0 Å². The average molecular weight is 215 g/mol. The van der Waals surface area contributed by atoms with Crippen molar-refractivity contribution in [2.45, 2.75) is 20.8 Å². The van der Waals surface area contributed by atoms with Crippen LogP contribution in [0.3, 0.4) is 0 Å². The van der Waals surface area contributed by atoms with E-state index in [4.69, 9.17) is 10.4 Å². The molecule has 0 atom stereocenters. The van der Waals surface area contributed by atoms with Gasteiger partial charge < -0.3 is 5.11 Å². The Labute approximate surface area is 94.6 Å². The lowest BCUT2D eigenvalue weighted by Crippen LogP contribution is -1.98. The van der Waals surface area contributed by atoms with Gasteiger partial charge in [-0.15, -0.1) is 0 Å². The van der Waals surface area contributed by atoms with Gasteiger partial charge in [0.15, 0.2) is 0 Å². The lowest BCUT2D eigenvalue weighted by molar-refractivity contribution is -0.132. The SMILES string of the molecule is Cc1cc(/C=C(/C#N)C(=O)O)cc(C)c1C. The predicted octanol–water partition coefficient (Wildman–Crippen LogP) is 2.60. The Morgan fingerprint density at radius 3 is 2.19 bits per heavy atom. The van der Waals surface area contributed by atoms with Crippen LogP contribution in [0.1, 0.15) is 22.3 Å². The van der Waals surface area contributed by atoms with Crippen LogP contribution in [0.5, 0.6) is 0 Å². The Morgan fingerprint density at radius 1 is 1.31 bits per heavy atom. The largest absolute Gasteiger partial charge is 0.477 e. The molecule has 0 aromatic heterocycles. The maximum atomic E-state index is 10.7. The molecule has 0 saturated carbocycles. The van der Waals surface area contributed by atoms with Crippen molar-refractivity contribution >= 4 is 12.0 Å². The van der Waals surface area contributed by atoms with Crippen molar-refractivity contribution in [3.63, 3.8) is 0 Å². The molecule has 3 nitrogen and oxygen atoms in total. The highest BCUT2D eigenvalue weighted by atomic mass is 16.4. The predicted molar refractivity (Wildman–Crippen MR) is 61.9 cm³/mol. The van der Waals surface area contributed by atoms with Gasteiger partial charge in [0, 0.05) is 0 Å². The average Bonchev–Trinajstić information content (AvgIpc) is 2.21. The number of carbonyl (C=O) groups is 1. The summed E-state index contributed by atoms with van der Waals surface area (Å²) in [6.07, 6.45) is 1.39. The number of carboxylic acid groups (broad SMARTS) is 1. The smallest absolute Gasteiger partial charge is 0.346 e. The first kappa shape index (κ1) is 12.0. The van der Waals surface area contributed by atoms with Gasteiger partial charge in [-0.25, -0.2) is 4.79 Å². The van der Waals surface area contributed by atoms with Crippen LogP contribution in [0, 0.1) is 32.1 Å². The maximum Gasteiger partial charge on any atom is 0.346 e. The van der Waals surface area contributed by atoms with Gasteiger partial charge in [-0.05, 0) is 49.1 Å². The number of hydrogen-bond donors (Lipinski definition) is 1.